The van der Waals surface area contributed by atoms with Crippen molar-refractivity contribution in [1.82, 2.24) is 4.98 Å². The fraction of sp³-hybridized carbons (Fsp3) is 0.167. The number of anilines is 2. The molecule has 0 saturated heterocycles. The number of H-pyrrole nitrogens is 1. The van der Waals surface area contributed by atoms with Crippen molar-refractivity contribution < 1.29 is 4.98 Å². The van der Waals surface area contributed by atoms with Crippen molar-refractivity contribution in [1.29, 1.82) is 0 Å². The van der Waals surface area contributed by atoms with Crippen LogP contribution in [0.25, 0.3) is 11.1 Å². The third-order valence-electron chi connectivity index (χ3n) is 2.54. The largest absolute Gasteiger partial charge is 0.342 e. The molecule has 1 aromatic carbocycles. The highest BCUT2D eigenvalue weighted by molar-refractivity contribution is 6.30. The van der Waals surface area contributed by atoms with Crippen molar-refractivity contribution in [3.63, 3.8) is 0 Å². The summed E-state index contributed by atoms with van der Waals surface area (Å²) in [5, 5.41) is 0.692. The minimum Gasteiger partial charge on any atom is -0.334 e. The predicted molar refractivity (Wildman–Crippen MR) is 69.4 cm³/mol. The van der Waals surface area contributed by atoms with Crippen LogP contribution in [0.15, 0.2) is 24.3 Å². The highest BCUT2D eigenvalue weighted by Crippen LogP contribution is 2.27. The van der Waals surface area contributed by atoms with Crippen molar-refractivity contribution in [2.24, 2.45) is 0 Å². The van der Waals surface area contributed by atoms with Crippen molar-refractivity contribution in [2.45, 2.75) is 13.3 Å². The van der Waals surface area contributed by atoms with Gasteiger partial charge in [0.25, 0.3) is 0 Å². The number of benzene rings is 1. The molecule has 1 heterocycles. The molecule has 5 N–H and O–H groups in total. The fourth-order valence-corrected chi connectivity index (χ4v) is 1.91. The lowest BCUT2D eigenvalue weighted by molar-refractivity contribution is -0.346. The predicted octanol–water partition coefficient (Wildman–Crippen LogP) is 1.94. The van der Waals surface area contributed by atoms with Crippen LogP contribution in [0.1, 0.15) is 12.6 Å². The second-order valence-corrected chi connectivity index (χ2v) is 4.15. The number of aromatic amines is 1. The number of halogens is 1. The number of hydrogen-bond donors (Lipinski definition) is 2. The maximum atomic E-state index is 5.96. The monoisotopic (exact) mass is 249 g/mol. The first kappa shape index (κ1) is 11.7. The lowest BCUT2D eigenvalue weighted by atomic mass is 10.0. The molecule has 0 aliphatic heterocycles. The zero-order valence-corrected chi connectivity index (χ0v) is 10.3. The van der Waals surface area contributed by atoms with E-state index in [4.69, 9.17) is 23.1 Å². The Labute approximate surface area is 105 Å². The minimum absolute atomic E-state index is 0.331. The van der Waals surface area contributed by atoms with E-state index >= 15 is 0 Å². The number of aryl methyl sites for hydroxylation is 1. The van der Waals surface area contributed by atoms with Crippen LogP contribution in [0, 0.1) is 0 Å². The van der Waals surface area contributed by atoms with Gasteiger partial charge in [-0.25, -0.2) is 4.98 Å². The molecule has 0 saturated carbocycles. The average Bonchev–Trinajstić information content (AvgIpc) is 2.30. The molecule has 0 radical (unpaired) electrons. The van der Waals surface area contributed by atoms with E-state index in [-0.39, 0.29) is 0 Å². The lowest BCUT2D eigenvalue weighted by Crippen LogP contribution is -2.20. The summed E-state index contributed by atoms with van der Waals surface area (Å²) >= 11 is 5.86. The zero-order valence-electron chi connectivity index (χ0n) is 9.50. The maximum absolute atomic E-state index is 5.96. The van der Waals surface area contributed by atoms with Crippen molar-refractivity contribution >= 4 is 23.4 Å². The molecule has 0 fully saturated rings. The number of rotatable bonds is 2. The molecular weight excluding hydrogens is 236 g/mol. The Hall–Kier alpha value is -1.81. The number of hydrogen-bond acceptors (Lipinski definition) is 3. The van der Waals surface area contributed by atoms with E-state index in [0.29, 0.717) is 16.8 Å². The van der Waals surface area contributed by atoms with E-state index in [2.05, 4.69) is 9.97 Å². The molecule has 0 atom stereocenters. The van der Waals surface area contributed by atoms with Gasteiger partial charge in [-0.15, -0.1) is 4.98 Å². The van der Waals surface area contributed by atoms with Gasteiger partial charge < -0.3 is 11.5 Å². The van der Waals surface area contributed by atoms with Gasteiger partial charge >= 0.3 is 5.95 Å². The summed E-state index contributed by atoms with van der Waals surface area (Å²) in [4.78, 5) is 7.10. The quantitative estimate of drug-likeness (QED) is 0.854. The van der Waals surface area contributed by atoms with Gasteiger partial charge in [0.1, 0.15) is 5.69 Å². The molecule has 0 spiro atoms. The third-order valence-corrected chi connectivity index (χ3v) is 2.80. The molecule has 0 aliphatic carbocycles. The molecular formula is C12H14ClN4+. The number of nitrogen functional groups attached to an aromatic ring is 2. The summed E-state index contributed by atoms with van der Waals surface area (Å²) in [5.74, 6) is 0.855. The first-order chi connectivity index (χ1) is 8.11. The summed E-state index contributed by atoms with van der Waals surface area (Å²) in [5.41, 5.74) is 14.3. The molecule has 1 aromatic heterocycles. The average molecular weight is 250 g/mol. The molecule has 0 amide bonds. The number of nitrogens with two attached hydrogens (primary N) is 2. The Morgan fingerprint density at radius 2 is 1.88 bits per heavy atom. The van der Waals surface area contributed by atoms with Crippen molar-refractivity contribution in [3.05, 3.63) is 35.0 Å². The van der Waals surface area contributed by atoms with Crippen molar-refractivity contribution in [2.75, 3.05) is 11.5 Å². The topological polar surface area (TPSA) is 79.1 Å². The van der Waals surface area contributed by atoms with Crippen molar-refractivity contribution in [3.8, 4) is 11.1 Å². The van der Waals surface area contributed by atoms with Crippen LogP contribution in [0.3, 0.4) is 0 Å². The van der Waals surface area contributed by atoms with E-state index in [1.165, 1.54) is 0 Å². The van der Waals surface area contributed by atoms with E-state index in [1.54, 1.807) is 0 Å². The summed E-state index contributed by atoms with van der Waals surface area (Å²) in [6.07, 6.45) is 0.765. The van der Waals surface area contributed by atoms with Crippen LogP contribution in [-0.2, 0) is 6.42 Å². The van der Waals surface area contributed by atoms with Crippen LogP contribution in [0.4, 0.5) is 11.8 Å². The first-order valence-corrected chi connectivity index (χ1v) is 5.72. The van der Waals surface area contributed by atoms with E-state index in [0.717, 1.165) is 23.2 Å². The van der Waals surface area contributed by atoms with Crippen LogP contribution in [0.2, 0.25) is 5.02 Å². The Morgan fingerprint density at radius 3 is 2.47 bits per heavy atom. The van der Waals surface area contributed by atoms with Crippen LogP contribution in [0.5, 0.6) is 0 Å². The standard InChI is InChI=1S/C12H13ClN4/c1-2-9-10(11(14)17-12(15)16-9)7-3-5-8(13)6-4-7/h3-6H,2H2,1H3,(H4,14,15,16,17)/p+1. The number of nitrogens with zero attached hydrogens (tertiary/aromatic N) is 1. The molecule has 0 bridgehead atoms. The normalized spacial score (nSPS) is 10.5. The van der Waals surface area contributed by atoms with Gasteiger partial charge in [0.15, 0.2) is 0 Å². The molecule has 0 aliphatic rings. The molecule has 5 heteroatoms. The summed E-state index contributed by atoms with van der Waals surface area (Å²) in [7, 11) is 0. The van der Waals surface area contributed by atoms with Crippen LogP contribution >= 0.6 is 11.6 Å². The Kier molecular flexibility index (Phi) is 3.15. The first-order valence-electron chi connectivity index (χ1n) is 5.35. The van der Waals surface area contributed by atoms with Gasteiger partial charge in [0, 0.05) is 5.02 Å². The maximum Gasteiger partial charge on any atom is 0.342 e. The summed E-state index contributed by atoms with van der Waals surface area (Å²) in [6, 6.07) is 7.48. The third kappa shape index (κ3) is 2.31. The SMILES string of the molecule is CCc1nc(N)[nH+]c(N)c1-c1ccc(Cl)cc1. The van der Waals surface area contributed by atoms with E-state index in [1.807, 2.05) is 31.2 Å². The van der Waals surface area contributed by atoms with Gasteiger partial charge in [0.05, 0.1) is 5.56 Å². The summed E-state index contributed by atoms with van der Waals surface area (Å²) < 4.78 is 0. The lowest BCUT2D eigenvalue weighted by Gasteiger charge is -2.07. The summed E-state index contributed by atoms with van der Waals surface area (Å²) in [6.45, 7) is 2.01. The van der Waals surface area contributed by atoms with E-state index in [9.17, 15) is 0 Å². The van der Waals surface area contributed by atoms with Gasteiger partial charge in [0.2, 0.25) is 5.82 Å². The van der Waals surface area contributed by atoms with Gasteiger partial charge in [-0.3, -0.25) is 0 Å². The molecule has 0 unspecified atom stereocenters. The Morgan fingerprint density at radius 1 is 1.24 bits per heavy atom. The highest BCUT2D eigenvalue weighted by Gasteiger charge is 2.15. The van der Waals surface area contributed by atoms with Crippen LogP contribution in [-0.4, -0.2) is 4.98 Å². The Balaban J connectivity index is 2.61. The number of aromatic nitrogens is 2. The second kappa shape index (κ2) is 4.59. The zero-order chi connectivity index (χ0) is 12.4. The molecule has 4 nitrogen and oxygen atoms in total. The fourth-order valence-electron chi connectivity index (χ4n) is 1.78. The van der Waals surface area contributed by atoms with Gasteiger partial charge in [-0.1, -0.05) is 30.7 Å². The second-order valence-electron chi connectivity index (χ2n) is 3.72. The molecule has 2 rings (SSSR count). The Bertz CT molecular complexity index is 537. The molecule has 17 heavy (non-hydrogen) atoms. The van der Waals surface area contributed by atoms with Gasteiger partial charge in [-0.05, 0) is 24.1 Å². The highest BCUT2D eigenvalue weighted by atomic mass is 35.5. The minimum atomic E-state index is 0.331. The van der Waals surface area contributed by atoms with E-state index < -0.39 is 0 Å². The molecule has 2 aromatic rings. The number of nitrogens with one attached hydrogen (secondary N) is 1. The smallest absolute Gasteiger partial charge is 0.334 e. The molecule has 88 valence electrons. The van der Waals surface area contributed by atoms with Crippen LogP contribution < -0.4 is 16.5 Å². The van der Waals surface area contributed by atoms with Gasteiger partial charge in [-0.2, -0.15) is 0 Å².